The van der Waals surface area contributed by atoms with Gasteiger partial charge in [0.2, 0.25) is 0 Å². The minimum absolute atomic E-state index is 0.0959. The maximum atomic E-state index is 13.2. The molecule has 5 aliphatic carbocycles. The van der Waals surface area contributed by atoms with Gasteiger partial charge in [0.15, 0.2) is 0 Å². The molecule has 0 bridgehead atoms. The van der Waals surface area contributed by atoms with E-state index in [1.807, 2.05) is 6.92 Å². The lowest BCUT2D eigenvalue weighted by Gasteiger charge is -2.66. The quantitative estimate of drug-likeness (QED) is 0.647. The van der Waals surface area contributed by atoms with Crippen molar-refractivity contribution in [2.75, 3.05) is 0 Å². The van der Waals surface area contributed by atoms with E-state index < -0.39 is 5.60 Å². The Labute approximate surface area is 176 Å². The molecular weight excluding hydrogens is 360 g/mol. The summed E-state index contributed by atoms with van der Waals surface area (Å²) >= 11 is 0. The molecule has 3 heteroatoms. The van der Waals surface area contributed by atoms with Gasteiger partial charge < -0.3 is 5.11 Å². The summed E-state index contributed by atoms with van der Waals surface area (Å²) in [6.45, 7) is 8.85. The number of aliphatic hydroxyl groups is 1. The summed E-state index contributed by atoms with van der Waals surface area (Å²) in [6.07, 6.45) is 11.2. The molecule has 0 saturated heterocycles. The average Bonchev–Trinajstić information content (AvgIpc) is 2.95. The van der Waals surface area contributed by atoms with E-state index in [-0.39, 0.29) is 27.9 Å². The van der Waals surface area contributed by atoms with Gasteiger partial charge in [-0.1, -0.05) is 33.6 Å². The van der Waals surface area contributed by atoms with Crippen molar-refractivity contribution in [2.45, 2.75) is 104 Å². The molecule has 0 aliphatic heterocycles. The van der Waals surface area contributed by atoms with Crippen LogP contribution in [0, 0.1) is 45.8 Å². The first-order valence-corrected chi connectivity index (χ1v) is 12.4. The van der Waals surface area contributed by atoms with Crippen LogP contribution >= 0.6 is 0 Å². The molecule has 0 aromatic heterocycles. The molecule has 0 aromatic rings. The van der Waals surface area contributed by atoms with E-state index in [9.17, 15) is 14.7 Å². The number of rotatable bonds is 1. The fourth-order valence-corrected chi connectivity index (χ4v) is 10.3. The van der Waals surface area contributed by atoms with Crippen molar-refractivity contribution in [3.63, 3.8) is 0 Å². The molecule has 5 saturated carbocycles. The van der Waals surface area contributed by atoms with Crippen LogP contribution in [-0.4, -0.2) is 22.3 Å². The monoisotopic (exact) mass is 400 g/mol. The second-order valence-corrected chi connectivity index (χ2v) is 12.2. The smallest absolute Gasteiger partial charge is 0.136 e. The van der Waals surface area contributed by atoms with Gasteiger partial charge in [-0.25, -0.2) is 0 Å². The molecule has 0 heterocycles. The highest BCUT2D eigenvalue weighted by molar-refractivity contribution is 5.84. The SMILES string of the molecule is CC(=O)[C@]12CCCC[C@@H]1C[C@@H]1[C@H]3C[C@H](C)[C@@]4(O)CC(=O)CC[C@]4(C)[C@@H]3CC[C@@]12C. The molecule has 5 fully saturated rings. The lowest BCUT2D eigenvalue weighted by molar-refractivity contribution is -0.230. The van der Waals surface area contributed by atoms with E-state index in [0.29, 0.717) is 42.3 Å². The lowest BCUT2D eigenvalue weighted by atomic mass is 9.40. The van der Waals surface area contributed by atoms with Gasteiger partial charge in [-0.15, -0.1) is 0 Å². The Morgan fingerprint density at radius 3 is 2.48 bits per heavy atom. The van der Waals surface area contributed by atoms with Gasteiger partial charge in [0.05, 0.1) is 5.60 Å². The normalized spacial score (nSPS) is 56.7. The van der Waals surface area contributed by atoms with Crippen molar-refractivity contribution >= 4 is 11.6 Å². The minimum Gasteiger partial charge on any atom is -0.389 e. The molecule has 162 valence electrons. The molecule has 0 aromatic carbocycles. The first-order chi connectivity index (χ1) is 13.6. The predicted molar refractivity (Wildman–Crippen MR) is 113 cm³/mol. The maximum absolute atomic E-state index is 13.2. The second-order valence-electron chi connectivity index (χ2n) is 12.2. The molecule has 5 rings (SSSR count). The minimum atomic E-state index is -0.832. The van der Waals surface area contributed by atoms with Crippen molar-refractivity contribution in [3.05, 3.63) is 0 Å². The highest BCUT2D eigenvalue weighted by Gasteiger charge is 2.71. The highest BCUT2D eigenvalue weighted by Crippen LogP contribution is 2.75. The van der Waals surface area contributed by atoms with Gasteiger partial charge >= 0.3 is 0 Å². The van der Waals surface area contributed by atoms with Crippen molar-refractivity contribution in [1.29, 1.82) is 0 Å². The van der Waals surface area contributed by atoms with Gasteiger partial charge in [-0.2, -0.15) is 0 Å². The van der Waals surface area contributed by atoms with E-state index in [0.717, 1.165) is 32.1 Å². The number of carbonyl (C=O) groups excluding carboxylic acids is 2. The summed E-state index contributed by atoms with van der Waals surface area (Å²) in [6, 6.07) is 0. The van der Waals surface area contributed by atoms with Crippen molar-refractivity contribution in [1.82, 2.24) is 0 Å². The Kier molecular flexibility index (Phi) is 4.30. The third-order valence-electron chi connectivity index (χ3n) is 11.7. The standard InChI is InChI=1S/C26H40O3/c1-16-13-20-21(24(4)11-8-19(28)15-26(16,24)29)9-12-23(3)22(20)14-18-7-5-6-10-25(18,23)17(2)27/h16,18,20-22,29H,5-15H2,1-4H3/t16-,18+,20-,21+,22+,23-,24+,25+,26-/m0/s1. The van der Waals surface area contributed by atoms with E-state index >= 15 is 0 Å². The topological polar surface area (TPSA) is 54.4 Å². The molecule has 0 unspecified atom stereocenters. The zero-order chi connectivity index (χ0) is 20.8. The van der Waals surface area contributed by atoms with Crippen LogP contribution in [-0.2, 0) is 9.59 Å². The van der Waals surface area contributed by atoms with Crippen molar-refractivity contribution in [3.8, 4) is 0 Å². The van der Waals surface area contributed by atoms with Gasteiger partial charge in [0.1, 0.15) is 11.6 Å². The molecule has 5 aliphatic rings. The third-order valence-corrected chi connectivity index (χ3v) is 11.7. The fraction of sp³-hybridized carbons (Fsp3) is 0.923. The molecule has 29 heavy (non-hydrogen) atoms. The number of hydrogen-bond donors (Lipinski definition) is 1. The first kappa shape index (κ1) is 20.2. The van der Waals surface area contributed by atoms with Crippen LogP contribution in [0.2, 0.25) is 0 Å². The van der Waals surface area contributed by atoms with Crippen LogP contribution in [0.4, 0.5) is 0 Å². The number of hydrogen-bond acceptors (Lipinski definition) is 3. The lowest BCUT2D eigenvalue weighted by Crippen LogP contribution is -2.66. The average molecular weight is 401 g/mol. The molecule has 0 amide bonds. The van der Waals surface area contributed by atoms with Crippen LogP contribution < -0.4 is 0 Å². The summed E-state index contributed by atoms with van der Waals surface area (Å²) < 4.78 is 0. The predicted octanol–water partition coefficient (Wildman–Crippen LogP) is 5.33. The largest absolute Gasteiger partial charge is 0.389 e. The summed E-state index contributed by atoms with van der Waals surface area (Å²) in [5, 5.41) is 11.8. The number of carbonyl (C=O) groups is 2. The molecule has 3 nitrogen and oxygen atoms in total. The molecule has 9 atom stereocenters. The molecule has 0 spiro atoms. The fourth-order valence-electron chi connectivity index (χ4n) is 10.3. The first-order valence-electron chi connectivity index (χ1n) is 12.4. The summed E-state index contributed by atoms with van der Waals surface area (Å²) in [5.41, 5.74) is -0.953. The summed E-state index contributed by atoms with van der Waals surface area (Å²) in [7, 11) is 0. The van der Waals surface area contributed by atoms with Crippen LogP contribution in [0.15, 0.2) is 0 Å². The van der Waals surface area contributed by atoms with Gasteiger partial charge in [0.25, 0.3) is 0 Å². The summed E-state index contributed by atoms with van der Waals surface area (Å²) in [4.78, 5) is 25.5. The van der Waals surface area contributed by atoms with E-state index in [2.05, 4.69) is 20.8 Å². The zero-order valence-electron chi connectivity index (χ0n) is 18.9. The van der Waals surface area contributed by atoms with Crippen LogP contribution in [0.5, 0.6) is 0 Å². The maximum Gasteiger partial charge on any atom is 0.136 e. The van der Waals surface area contributed by atoms with E-state index in [1.54, 1.807) is 0 Å². The zero-order valence-corrected chi connectivity index (χ0v) is 18.9. The summed E-state index contributed by atoms with van der Waals surface area (Å²) in [5.74, 6) is 3.15. The highest BCUT2D eigenvalue weighted by atomic mass is 16.3. The molecule has 0 radical (unpaired) electrons. The van der Waals surface area contributed by atoms with Crippen LogP contribution in [0.3, 0.4) is 0 Å². The van der Waals surface area contributed by atoms with Gasteiger partial charge in [-0.3, -0.25) is 9.59 Å². The Balaban J connectivity index is 1.56. The van der Waals surface area contributed by atoms with Crippen molar-refractivity contribution in [2.24, 2.45) is 45.8 Å². The van der Waals surface area contributed by atoms with Crippen molar-refractivity contribution < 1.29 is 14.7 Å². The number of Topliss-reactive ketones (excluding diaryl/α,β-unsaturated/α-hetero) is 2. The van der Waals surface area contributed by atoms with E-state index in [1.165, 1.54) is 25.7 Å². The Bertz CT molecular complexity index is 744. The Hall–Kier alpha value is -0.700. The molecule has 1 N–H and O–H groups in total. The Morgan fingerprint density at radius 1 is 1.00 bits per heavy atom. The second kappa shape index (κ2) is 6.17. The third kappa shape index (κ3) is 2.24. The van der Waals surface area contributed by atoms with E-state index in [4.69, 9.17) is 0 Å². The Morgan fingerprint density at radius 2 is 1.76 bits per heavy atom. The van der Waals surface area contributed by atoms with Crippen LogP contribution in [0.1, 0.15) is 98.3 Å². The number of ketones is 2. The number of fused-ring (bicyclic) bond motifs is 7. The van der Waals surface area contributed by atoms with Gasteiger partial charge in [-0.05, 0) is 86.9 Å². The van der Waals surface area contributed by atoms with Gasteiger partial charge in [0, 0.05) is 23.7 Å². The van der Waals surface area contributed by atoms with Crippen LogP contribution in [0.25, 0.3) is 0 Å². The molecular formula is C26H40O3.